The zero-order valence-electron chi connectivity index (χ0n) is 19.6. The van der Waals surface area contributed by atoms with Gasteiger partial charge in [0.2, 0.25) is 0 Å². The zero-order chi connectivity index (χ0) is 25.2. The second-order valence-electron chi connectivity index (χ2n) is 8.45. The van der Waals surface area contributed by atoms with Gasteiger partial charge in [0.25, 0.3) is 11.8 Å². The number of carbonyl (C=O) groups is 2. The highest BCUT2D eigenvalue weighted by Crippen LogP contribution is 2.34. The largest absolute Gasteiger partial charge is 0.464 e. The van der Waals surface area contributed by atoms with Crippen molar-refractivity contribution >= 4 is 34.8 Å². The van der Waals surface area contributed by atoms with Crippen LogP contribution in [0.5, 0.6) is 0 Å². The summed E-state index contributed by atoms with van der Waals surface area (Å²) in [5.74, 6) is 0.992. The molecule has 0 atom stereocenters. The molecule has 0 saturated heterocycles. The van der Waals surface area contributed by atoms with E-state index in [0.717, 1.165) is 11.3 Å². The molecule has 1 aliphatic heterocycles. The van der Waals surface area contributed by atoms with E-state index in [1.54, 1.807) is 59.8 Å². The molecule has 0 unspecified atom stereocenters. The van der Waals surface area contributed by atoms with Gasteiger partial charge in [-0.15, -0.1) is 0 Å². The molecule has 2 N–H and O–H groups in total. The Kier molecular flexibility index (Phi) is 5.67. The second-order valence-corrected chi connectivity index (χ2v) is 8.45. The summed E-state index contributed by atoms with van der Waals surface area (Å²) < 4.78 is 5.47. The minimum absolute atomic E-state index is 0.221. The Morgan fingerprint density at radius 2 is 1.76 bits per heavy atom. The average molecular weight is 488 g/mol. The lowest BCUT2D eigenvalue weighted by Gasteiger charge is -2.22. The van der Waals surface area contributed by atoms with Crippen molar-refractivity contribution in [2.45, 2.75) is 6.54 Å². The molecule has 2 amide bonds. The van der Waals surface area contributed by atoms with Crippen LogP contribution in [0.25, 0.3) is 11.3 Å². The van der Waals surface area contributed by atoms with Gasteiger partial charge in [0.05, 0.1) is 29.6 Å². The summed E-state index contributed by atoms with van der Waals surface area (Å²) in [4.78, 5) is 37.0. The standard InChI is InChI=1S/C29H21N5O3/c35-28(22-9-3-2-8-21(22)25-12-6-16-37-25)33-26-14-13-19(17-31-26)29(36)34-18-20-7-1-4-10-23(20)32-27-24(34)11-5-15-30-27/h1-17H,18H2,(H,30,32)(H,31,33,35). The summed E-state index contributed by atoms with van der Waals surface area (Å²) in [5.41, 5.74) is 4.09. The first-order valence-corrected chi connectivity index (χ1v) is 11.7. The van der Waals surface area contributed by atoms with Crippen molar-refractivity contribution in [2.75, 3.05) is 15.5 Å². The summed E-state index contributed by atoms with van der Waals surface area (Å²) in [7, 11) is 0. The Morgan fingerprint density at radius 3 is 2.59 bits per heavy atom. The average Bonchev–Trinajstić information content (AvgIpc) is 3.42. The van der Waals surface area contributed by atoms with Crippen molar-refractivity contribution in [1.29, 1.82) is 0 Å². The predicted octanol–water partition coefficient (Wildman–Crippen LogP) is 5.89. The Hall–Kier alpha value is -5.24. The van der Waals surface area contributed by atoms with E-state index < -0.39 is 0 Å². The SMILES string of the molecule is O=C(Nc1ccc(C(=O)N2Cc3ccccc3Nc3ncccc32)cn1)c1ccccc1-c1ccco1. The van der Waals surface area contributed by atoms with Gasteiger partial charge < -0.3 is 20.0 Å². The molecule has 5 aromatic rings. The molecule has 6 rings (SSSR count). The molecular weight excluding hydrogens is 466 g/mol. The van der Waals surface area contributed by atoms with Crippen LogP contribution >= 0.6 is 0 Å². The fourth-order valence-corrected chi connectivity index (χ4v) is 4.32. The van der Waals surface area contributed by atoms with Crippen LogP contribution < -0.4 is 15.5 Å². The van der Waals surface area contributed by atoms with E-state index in [2.05, 4.69) is 20.6 Å². The number of aromatic nitrogens is 2. The lowest BCUT2D eigenvalue weighted by Crippen LogP contribution is -2.30. The maximum Gasteiger partial charge on any atom is 0.260 e. The van der Waals surface area contributed by atoms with E-state index in [4.69, 9.17) is 4.42 Å². The van der Waals surface area contributed by atoms with Gasteiger partial charge in [0.1, 0.15) is 11.6 Å². The van der Waals surface area contributed by atoms with Crippen LogP contribution in [-0.4, -0.2) is 21.8 Å². The van der Waals surface area contributed by atoms with E-state index in [1.807, 2.05) is 42.5 Å². The lowest BCUT2D eigenvalue weighted by atomic mass is 10.0. The number of pyridine rings is 2. The fourth-order valence-electron chi connectivity index (χ4n) is 4.32. The number of hydrogen-bond acceptors (Lipinski definition) is 6. The van der Waals surface area contributed by atoms with Crippen molar-refractivity contribution in [2.24, 2.45) is 0 Å². The normalized spacial score (nSPS) is 12.1. The number of nitrogens with zero attached hydrogens (tertiary/aromatic N) is 3. The van der Waals surface area contributed by atoms with Crippen molar-refractivity contribution < 1.29 is 14.0 Å². The molecule has 0 radical (unpaired) electrons. The van der Waals surface area contributed by atoms with Gasteiger partial charge in [-0.2, -0.15) is 0 Å². The molecule has 1 aliphatic rings. The van der Waals surface area contributed by atoms with Gasteiger partial charge in [0, 0.05) is 23.6 Å². The molecule has 8 heteroatoms. The lowest BCUT2D eigenvalue weighted by molar-refractivity contribution is 0.0984. The van der Waals surface area contributed by atoms with Crippen LogP contribution in [-0.2, 0) is 6.54 Å². The molecule has 3 aromatic heterocycles. The van der Waals surface area contributed by atoms with Gasteiger partial charge in [0.15, 0.2) is 5.82 Å². The van der Waals surface area contributed by atoms with Gasteiger partial charge in [-0.3, -0.25) is 9.59 Å². The number of hydrogen-bond donors (Lipinski definition) is 2. The first-order valence-electron chi connectivity index (χ1n) is 11.7. The van der Waals surface area contributed by atoms with Crippen molar-refractivity contribution in [1.82, 2.24) is 9.97 Å². The highest BCUT2D eigenvalue weighted by molar-refractivity contribution is 6.09. The first-order chi connectivity index (χ1) is 18.2. The van der Waals surface area contributed by atoms with Crippen LogP contribution in [0.4, 0.5) is 23.0 Å². The van der Waals surface area contributed by atoms with E-state index in [9.17, 15) is 9.59 Å². The number of benzene rings is 2. The van der Waals surface area contributed by atoms with Crippen molar-refractivity contribution in [3.8, 4) is 11.3 Å². The minimum atomic E-state index is -0.325. The quantitative estimate of drug-likeness (QED) is 0.328. The van der Waals surface area contributed by atoms with Crippen LogP contribution in [0, 0.1) is 0 Å². The van der Waals surface area contributed by atoms with Crippen LogP contribution in [0.15, 0.2) is 108 Å². The first kappa shape index (κ1) is 22.2. The minimum Gasteiger partial charge on any atom is -0.464 e. The summed E-state index contributed by atoms with van der Waals surface area (Å²) in [6.07, 6.45) is 4.72. The molecular formula is C29H21N5O3. The van der Waals surface area contributed by atoms with Crippen molar-refractivity contribution in [3.63, 3.8) is 0 Å². The van der Waals surface area contributed by atoms with Crippen LogP contribution in [0.3, 0.4) is 0 Å². The number of amides is 2. The third-order valence-electron chi connectivity index (χ3n) is 6.13. The number of nitrogens with one attached hydrogen (secondary N) is 2. The fraction of sp³-hybridized carbons (Fsp3) is 0.0345. The zero-order valence-corrected chi connectivity index (χ0v) is 19.6. The number of fused-ring (bicyclic) bond motifs is 2. The third-order valence-corrected chi connectivity index (χ3v) is 6.13. The van der Waals surface area contributed by atoms with E-state index in [0.29, 0.717) is 46.3 Å². The molecule has 180 valence electrons. The molecule has 37 heavy (non-hydrogen) atoms. The summed E-state index contributed by atoms with van der Waals surface area (Å²) in [6, 6.07) is 25.5. The maximum atomic E-state index is 13.6. The maximum absolute atomic E-state index is 13.6. The smallest absolute Gasteiger partial charge is 0.260 e. The Balaban J connectivity index is 1.24. The van der Waals surface area contributed by atoms with Gasteiger partial charge in [-0.05, 0) is 54.1 Å². The summed E-state index contributed by atoms with van der Waals surface area (Å²) in [6.45, 7) is 0.378. The Labute approximate surface area is 212 Å². The van der Waals surface area contributed by atoms with E-state index in [1.165, 1.54) is 6.20 Å². The second kappa shape index (κ2) is 9.43. The van der Waals surface area contributed by atoms with Crippen LogP contribution in [0.1, 0.15) is 26.3 Å². The highest BCUT2D eigenvalue weighted by atomic mass is 16.3. The topological polar surface area (TPSA) is 100 Å². The van der Waals surface area contributed by atoms with E-state index in [-0.39, 0.29) is 11.8 Å². The molecule has 0 saturated carbocycles. The molecule has 0 fully saturated rings. The third kappa shape index (κ3) is 4.32. The van der Waals surface area contributed by atoms with Crippen molar-refractivity contribution in [3.05, 3.63) is 120 Å². The Bertz CT molecular complexity index is 1600. The molecule has 2 aromatic carbocycles. The predicted molar refractivity (Wildman–Crippen MR) is 141 cm³/mol. The molecule has 0 spiro atoms. The Morgan fingerprint density at radius 1 is 0.892 bits per heavy atom. The van der Waals surface area contributed by atoms with Gasteiger partial charge in [-0.25, -0.2) is 9.97 Å². The molecule has 0 aliphatic carbocycles. The highest BCUT2D eigenvalue weighted by Gasteiger charge is 2.26. The molecule has 4 heterocycles. The number of furan rings is 1. The molecule has 8 nitrogen and oxygen atoms in total. The summed E-state index contributed by atoms with van der Waals surface area (Å²) >= 11 is 0. The monoisotopic (exact) mass is 487 g/mol. The van der Waals surface area contributed by atoms with E-state index >= 15 is 0 Å². The van der Waals surface area contributed by atoms with Gasteiger partial charge >= 0.3 is 0 Å². The van der Waals surface area contributed by atoms with Gasteiger partial charge in [-0.1, -0.05) is 36.4 Å². The number of anilines is 4. The number of para-hydroxylation sites is 1. The number of carbonyl (C=O) groups excluding carboxylic acids is 2. The van der Waals surface area contributed by atoms with Crippen LogP contribution in [0.2, 0.25) is 0 Å². The summed E-state index contributed by atoms with van der Waals surface area (Å²) in [5, 5.41) is 6.13. The molecule has 0 bridgehead atoms. The number of rotatable bonds is 4.